The average molecular weight is 321 g/mol. The van der Waals surface area contributed by atoms with E-state index in [2.05, 4.69) is 0 Å². The van der Waals surface area contributed by atoms with E-state index in [1.54, 1.807) is 38.4 Å². The molecule has 0 aliphatic carbocycles. The fourth-order valence-electron chi connectivity index (χ4n) is 3.29. The Bertz CT molecular complexity index is 1020. The van der Waals surface area contributed by atoms with Crippen LogP contribution in [-0.2, 0) is 0 Å². The van der Waals surface area contributed by atoms with E-state index in [4.69, 9.17) is 9.15 Å². The highest BCUT2D eigenvalue weighted by atomic mass is 16.5. The number of para-hydroxylation sites is 2. The van der Waals surface area contributed by atoms with Crippen LogP contribution in [0.2, 0.25) is 0 Å². The van der Waals surface area contributed by atoms with Gasteiger partial charge in [0.05, 0.1) is 24.1 Å². The zero-order valence-electron chi connectivity index (χ0n) is 13.3. The molecule has 0 saturated heterocycles. The molecule has 120 valence electrons. The first-order valence-electron chi connectivity index (χ1n) is 7.59. The molecule has 1 aliphatic rings. The van der Waals surface area contributed by atoms with Gasteiger partial charge in [-0.1, -0.05) is 30.3 Å². The molecule has 2 aromatic carbocycles. The first kappa shape index (κ1) is 14.5. The summed E-state index contributed by atoms with van der Waals surface area (Å²) in [6.07, 6.45) is 0. The maximum atomic E-state index is 13.0. The average Bonchev–Trinajstić information content (AvgIpc) is 2.87. The van der Waals surface area contributed by atoms with Crippen molar-refractivity contribution in [1.29, 1.82) is 0 Å². The lowest BCUT2D eigenvalue weighted by Gasteiger charge is -2.22. The minimum atomic E-state index is -0.524. The summed E-state index contributed by atoms with van der Waals surface area (Å²) in [5.41, 5.74) is 1.37. The molecule has 4 rings (SSSR count). The monoisotopic (exact) mass is 321 g/mol. The SMILES string of the molecule is COc1ccccc1[C@@H]1c2c(oc3ccccc3c2=O)C(=O)N1C. The summed E-state index contributed by atoms with van der Waals surface area (Å²) in [5, 5.41) is 0.472. The summed E-state index contributed by atoms with van der Waals surface area (Å²) >= 11 is 0. The van der Waals surface area contributed by atoms with Crippen molar-refractivity contribution >= 4 is 16.9 Å². The molecule has 1 aliphatic heterocycles. The van der Waals surface area contributed by atoms with Crippen LogP contribution in [0.3, 0.4) is 0 Å². The molecule has 2 heterocycles. The minimum absolute atomic E-state index is 0.108. The van der Waals surface area contributed by atoms with Gasteiger partial charge in [-0.3, -0.25) is 9.59 Å². The quantitative estimate of drug-likeness (QED) is 0.728. The van der Waals surface area contributed by atoms with Crippen molar-refractivity contribution < 1.29 is 13.9 Å². The second-order valence-electron chi connectivity index (χ2n) is 5.73. The fourth-order valence-corrected chi connectivity index (χ4v) is 3.29. The van der Waals surface area contributed by atoms with Crippen molar-refractivity contribution in [2.24, 2.45) is 0 Å². The molecule has 3 aromatic rings. The molecule has 0 saturated carbocycles. The van der Waals surface area contributed by atoms with Crippen molar-refractivity contribution in [3.05, 3.63) is 75.6 Å². The largest absolute Gasteiger partial charge is 0.496 e. The van der Waals surface area contributed by atoms with Gasteiger partial charge in [-0.2, -0.15) is 0 Å². The number of carbonyl (C=O) groups excluding carboxylic acids is 1. The maximum Gasteiger partial charge on any atom is 0.290 e. The van der Waals surface area contributed by atoms with E-state index in [1.165, 1.54) is 4.90 Å². The number of amides is 1. The molecule has 1 aromatic heterocycles. The Hall–Kier alpha value is -3.08. The fraction of sp³-hybridized carbons (Fsp3) is 0.158. The lowest BCUT2D eigenvalue weighted by atomic mass is 9.98. The maximum absolute atomic E-state index is 13.0. The smallest absolute Gasteiger partial charge is 0.290 e. The predicted octanol–water partition coefficient (Wildman–Crippen LogP) is 2.98. The molecule has 1 atom stereocenters. The van der Waals surface area contributed by atoms with Crippen LogP contribution in [0.25, 0.3) is 11.0 Å². The van der Waals surface area contributed by atoms with Gasteiger partial charge in [0.1, 0.15) is 11.3 Å². The number of hydrogen-bond acceptors (Lipinski definition) is 4. The van der Waals surface area contributed by atoms with Crippen LogP contribution in [0.4, 0.5) is 0 Å². The van der Waals surface area contributed by atoms with Gasteiger partial charge in [0, 0.05) is 12.6 Å². The predicted molar refractivity (Wildman–Crippen MR) is 89.4 cm³/mol. The zero-order valence-corrected chi connectivity index (χ0v) is 13.3. The number of ether oxygens (including phenoxy) is 1. The second kappa shape index (κ2) is 5.23. The molecule has 5 heteroatoms. The number of fused-ring (bicyclic) bond motifs is 2. The van der Waals surface area contributed by atoms with Gasteiger partial charge in [-0.05, 0) is 18.2 Å². The number of rotatable bonds is 2. The third kappa shape index (κ3) is 1.88. The van der Waals surface area contributed by atoms with Crippen LogP contribution in [0.1, 0.15) is 27.7 Å². The highest BCUT2D eigenvalue weighted by Gasteiger charge is 2.41. The van der Waals surface area contributed by atoms with Crippen LogP contribution in [-0.4, -0.2) is 25.0 Å². The Kier molecular flexibility index (Phi) is 3.16. The molecular weight excluding hydrogens is 306 g/mol. The molecular formula is C19H15NO4. The van der Waals surface area contributed by atoms with Crippen LogP contribution in [0, 0.1) is 0 Å². The van der Waals surface area contributed by atoms with Gasteiger partial charge in [0.15, 0.2) is 5.43 Å². The Balaban J connectivity index is 2.05. The standard InChI is InChI=1S/C19H15NO4/c1-20-16(11-7-3-5-9-13(11)23-2)15-17(21)12-8-4-6-10-14(12)24-18(15)19(20)22/h3-10,16H,1-2H3/t16-/m1/s1. The van der Waals surface area contributed by atoms with Crippen LogP contribution in [0.5, 0.6) is 5.75 Å². The van der Waals surface area contributed by atoms with E-state index in [0.29, 0.717) is 22.3 Å². The Morgan fingerprint density at radius 3 is 2.54 bits per heavy atom. The summed E-state index contributed by atoms with van der Waals surface area (Å²) in [6.45, 7) is 0. The zero-order chi connectivity index (χ0) is 16.8. The molecule has 5 nitrogen and oxygen atoms in total. The molecule has 1 amide bonds. The first-order chi connectivity index (χ1) is 11.6. The van der Waals surface area contributed by atoms with E-state index < -0.39 is 6.04 Å². The van der Waals surface area contributed by atoms with Gasteiger partial charge in [-0.25, -0.2) is 0 Å². The molecule has 0 spiro atoms. The summed E-state index contributed by atoms with van der Waals surface area (Å²) < 4.78 is 11.2. The second-order valence-corrected chi connectivity index (χ2v) is 5.73. The van der Waals surface area contributed by atoms with Crippen molar-refractivity contribution in [3.63, 3.8) is 0 Å². The van der Waals surface area contributed by atoms with E-state index in [1.807, 2.05) is 24.3 Å². The van der Waals surface area contributed by atoms with Crippen molar-refractivity contribution in [2.75, 3.05) is 14.2 Å². The third-order valence-electron chi connectivity index (χ3n) is 4.44. The molecule has 0 unspecified atom stereocenters. The van der Waals surface area contributed by atoms with E-state index in [0.717, 1.165) is 5.56 Å². The van der Waals surface area contributed by atoms with Gasteiger partial charge >= 0.3 is 0 Å². The van der Waals surface area contributed by atoms with Crippen LogP contribution >= 0.6 is 0 Å². The van der Waals surface area contributed by atoms with Crippen molar-refractivity contribution in [3.8, 4) is 5.75 Å². The van der Waals surface area contributed by atoms with Gasteiger partial charge < -0.3 is 14.1 Å². The van der Waals surface area contributed by atoms with Gasteiger partial charge in [0.25, 0.3) is 5.91 Å². The minimum Gasteiger partial charge on any atom is -0.496 e. The number of nitrogens with zero attached hydrogens (tertiary/aromatic N) is 1. The molecule has 0 N–H and O–H groups in total. The van der Waals surface area contributed by atoms with Crippen LogP contribution in [0.15, 0.2) is 57.7 Å². The van der Waals surface area contributed by atoms with Crippen molar-refractivity contribution in [1.82, 2.24) is 4.90 Å². The van der Waals surface area contributed by atoms with Crippen LogP contribution < -0.4 is 10.2 Å². The first-order valence-corrected chi connectivity index (χ1v) is 7.59. The summed E-state index contributed by atoms with van der Waals surface area (Å²) in [4.78, 5) is 27.2. The van der Waals surface area contributed by atoms with E-state index >= 15 is 0 Å². The number of benzene rings is 2. The molecule has 0 radical (unpaired) electrons. The summed E-state index contributed by atoms with van der Waals surface area (Å²) in [5.74, 6) is 0.434. The van der Waals surface area contributed by atoms with Crippen molar-refractivity contribution in [2.45, 2.75) is 6.04 Å². The highest BCUT2D eigenvalue weighted by molar-refractivity contribution is 5.98. The molecule has 0 fully saturated rings. The lowest BCUT2D eigenvalue weighted by molar-refractivity contribution is 0.0770. The topological polar surface area (TPSA) is 59.8 Å². The summed E-state index contributed by atoms with van der Waals surface area (Å²) in [6, 6.07) is 13.8. The Morgan fingerprint density at radius 1 is 1.04 bits per heavy atom. The molecule has 24 heavy (non-hydrogen) atoms. The lowest BCUT2D eigenvalue weighted by Crippen LogP contribution is -2.25. The van der Waals surface area contributed by atoms with E-state index in [-0.39, 0.29) is 17.1 Å². The van der Waals surface area contributed by atoms with Gasteiger partial charge in [-0.15, -0.1) is 0 Å². The highest BCUT2D eigenvalue weighted by Crippen LogP contribution is 2.40. The number of carbonyl (C=O) groups is 1. The number of methoxy groups -OCH3 is 1. The Labute approximate surface area is 138 Å². The number of hydrogen-bond donors (Lipinski definition) is 0. The van der Waals surface area contributed by atoms with E-state index in [9.17, 15) is 9.59 Å². The molecule has 0 bridgehead atoms. The van der Waals surface area contributed by atoms with Gasteiger partial charge in [0.2, 0.25) is 5.76 Å². The Morgan fingerprint density at radius 2 is 1.75 bits per heavy atom. The normalized spacial score (nSPS) is 16.5. The third-order valence-corrected chi connectivity index (χ3v) is 4.44. The summed E-state index contributed by atoms with van der Waals surface area (Å²) in [7, 11) is 3.23.